The van der Waals surface area contributed by atoms with Crippen molar-refractivity contribution in [2.45, 2.75) is 70.8 Å². The monoisotopic (exact) mass is 209 g/mol. The van der Waals surface area contributed by atoms with Crippen molar-refractivity contribution in [2.75, 3.05) is 0 Å². The summed E-state index contributed by atoms with van der Waals surface area (Å²) in [7, 11) is 0. The topological polar surface area (TPSA) is 26.0 Å². The average molecular weight is 209 g/mol. The van der Waals surface area contributed by atoms with Crippen LogP contribution >= 0.6 is 0 Å². The first-order chi connectivity index (χ1) is 7.20. The molecule has 1 unspecified atom stereocenters. The van der Waals surface area contributed by atoms with Gasteiger partial charge in [-0.15, -0.1) is 6.58 Å². The van der Waals surface area contributed by atoms with Gasteiger partial charge in [-0.1, -0.05) is 37.7 Å². The molecule has 0 radical (unpaired) electrons. The molecule has 1 aliphatic carbocycles. The van der Waals surface area contributed by atoms with E-state index in [1.54, 1.807) is 0 Å². The molecule has 15 heavy (non-hydrogen) atoms. The van der Waals surface area contributed by atoms with Gasteiger partial charge in [0.1, 0.15) is 0 Å². The zero-order chi connectivity index (χ0) is 11.1. The molecule has 0 bridgehead atoms. The number of hydrogen-bond acceptors (Lipinski definition) is 1. The molecule has 0 aromatic heterocycles. The van der Waals surface area contributed by atoms with E-state index < -0.39 is 0 Å². The molecule has 1 saturated carbocycles. The summed E-state index contributed by atoms with van der Waals surface area (Å²) >= 11 is 0. The Bertz CT molecular complexity index is 178. The van der Waals surface area contributed by atoms with Crippen LogP contribution in [0.4, 0.5) is 0 Å². The molecule has 2 N–H and O–H groups in total. The zero-order valence-electron chi connectivity index (χ0n) is 10.3. The summed E-state index contributed by atoms with van der Waals surface area (Å²) in [5.41, 5.74) is 7.55. The smallest absolute Gasteiger partial charge is 0.00702 e. The molecular formula is C14H27N. The summed E-state index contributed by atoms with van der Waals surface area (Å²) in [6.45, 7) is 6.05. The lowest BCUT2D eigenvalue weighted by atomic mass is 9.84. The van der Waals surface area contributed by atoms with Crippen molar-refractivity contribution in [1.29, 1.82) is 0 Å². The second kappa shape index (κ2) is 7.05. The molecule has 0 amide bonds. The minimum atomic E-state index is 0.416. The molecule has 1 atom stereocenters. The predicted octanol–water partition coefficient (Wildman–Crippen LogP) is 4.03. The molecule has 1 nitrogen and oxygen atoms in total. The molecular weight excluding hydrogens is 182 g/mol. The summed E-state index contributed by atoms with van der Waals surface area (Å²) in [6.07, 6.45) is 12.0. The first-order valence-corrected chi connectivity index (χ1v) is 6.60. The standard InChI is InChI=1S/C14H27N/c1-12(2)10-11-14(15)13-8-6-4-3-5-7-9-13/h13-14H,1,3-11,15H2,2H3. The highest BCUT2D eigenvalue weighted by Crippen LogP contribution is 2.26. The summed E-state index contributed by atoms with van der Waals surface area (Å²) in [5, 5.41) is 0. The summed E-state index contributed by atoms with van der Waals surface area (Å²) in [6, 6.07) is 0.416. The second-order valence-corrected chi connectivity index (χ2v) is 5.26. The largest absolute Gasteiger partial charge is 0.327 e. The van der Waals surface area contributed by atoms with E-state index in [1.807, 2.05) is 0 Å². The summed E-state index contributed by atoms with van der Waals surface area (Å²) in [4.78, 5) is 0. The van der Waals surface area contributed by atoms with Crippen molar-refractivity contribution in [3.63, 3.8) is 0 Å². The van der Waals surface area contributed by atoms with Crippen LogP contribution in [-0.2, 0) is 0 Å². The van der Waals surface area contributed by atoms with E-state index in [0.29, 0.717) is 6.04 Å². The van der Waals surface area contributed by atoms with E-state index in [-0.39, 0.29) is 0 Å². The fourth-order valence-corrected chi connectivity index (χ4v) is 2.56. The molecule has 0 saturated heterocycles. The Labute approximate surface area is 95.1 Å². The van der Waals surface area contributed by atoms with Gasteiger partial charge in [0.25, 0.3) is 0 Å². The van der Waals surface area contributed by atoms with Gasteiger partial charge >= 0.3 is 0 Å². The van der Waals surface area contributed by atoms with Gasteiger partial charge in [-0.3, -0.25) is 0 Å². The van der Waals surface area contributed by atoms with Crippen LogP contribution in [0.2, 0.25) is 0 Å². The van der Waals surface area contributed by atoms with E-state index in [9.17, 15) is 0 Å². The lowest BCUT2D eigenvalue weighted by molar-refractivity contribution is 0.313. The molecule has 0 heterocycles. The zero-order valence-corrected chi connectivity index (χ0v) is 10.3. The summed E-state index contributed by atoms with van der Waals surface area (Å²) in [5.74, 6) is 0.782. The SMILES string of the molecule is C=C(C)CCC(N)C1CCCCCCC1. The van der Waals surface area contributed by atoms with E-state index in [0.717, 1.165) is 18.8 Å². The third-order valence-electron chi connectivity index (χ3n) is 3.66. The van der Waals surface area contributed by atoms with Crippen LogP contribution in [0.5, 0.6) is 0 Å². The predicted molar refractivity (Wildman–Crippen MR) is 67.8 cm³/mol. The number of rotatable bonds is 4. The van der Waals surface area contributed by atoms with E-state index in [2.05, 4.69) is 13.5 Å². The number of nitrogens with two attached hydrogens (primary N) is 1. The van der Waals surface area contributed by atoms with E-state index in [1.165, 1.54) is 50.5 Å². The van der Waals surface area contributed by atoms with Gasteiger partial charge < -0.3 is 5.73 Å². The van der Waals surface area contributed by atoms with Gasteiger partial charge in [0.15, 0.2) is 0 Å². The lowest BCUT2D eigenvalue weighted by Crippen LogP contribution is -2.30. The van der Waals surface area contributed by atoms with Crippen LogP contribution in [-0.4, -0.2) is 6.04 Å². The van der Waals surface area contributed by atoms with Gasteiger partial charge in [0.2, 0.25) is 0 Å². The van der Waals surface area contributed by atoms with Crippen molar-refractivity contribution in [3.8, 4) is 0 Å². The molecule has 0 spiro atoms. The Hall–Kier alpha value is -0.300. The Balaban J connectivity index is 2.28. The van der Waals surface area contributed by atoms with Crippen LogP contribution in [0, 0.1) is 5.92 Å². The lowest BCUT2D eigenvalue weighted by Gasteiger charge is -2.25. The minimum absolute atomic E-state index is 0.416. The molecule has 0 aromatic carbocycles. The van der Waals surface area contributed by atoms with Crippen LogP contribution < -0.4 is 5.73 Å². The molecule has 88 valence electrons. The molecule has 1 rings (SSSR count). The van der Waals surface area contributed by atoms with E-state index in [4.69, 9.17) is 5.73 Å². The highest BCUT2D eigenvalue weighted by Gasteiger charge is 2.18. The first kappa shape index (κ1) is 12.8. The van der Waals surface area contributed by atoms with Gasteiger partial charge in [0, 0.05) is 6.04 Å². The van der Waals surface area contributed by atoms with Crippen molar-refractivity contribution in [3.05, 3.63) is 12.2 Å². The maximum absolute atomic E-state index is 6.28. The van der Waals surface area contributed by atoms with Gasteiger partial charge in [-0.25, -0.2) is 0 Å². The van der Waals surface area contributed by atoms with Crippen molar-refractivity contribution in [1.82, 2.24) is 0 Å². The van der Waals surface area contributed by atoms with Crippen LogP contribution in [0.15, 0.2) is 12.2 Å². The van der Waals surface area contributed by atoms with Crippen LogP contribution in [0.25, 0.3) is 0 Å². The average Bonchev–Trinajstić information content (AvgIpc) is 2.13. The van der Waals surface area contributed by atoms with Crippen molar-refractivity contribution >= 4 is 0 Å². The number of allylic oxidation sites excluding steroid dienone is 1. The summed E-state index contributed by atoms with van der Waals surface area (Å²) < 4.78 is 0. The van der Waals surface area contributed by atoms with Crippen LogP contribution in [0.3, 0.4) is 0 Å². The highest BCUT2D eigenvalue weighted by atomic mass is 14.6. The normalized spacial score (nSPS) is 21.7. The molecule has 0 aromatic rings. The Kier molecular flexibility index (Phi) is 6.00. The first-order valence-electron chi connectivity index (χ1n) is 6.60. The molecule has 0 aliphatic heterocycles. The van der Waals surface area contributed by atoms with Crippen LogP contribution in [0.1, 0.15) is 64.7 Å². The quantitative estimate of drug-likeness (QED) is 0.695. The Morgan fingerprint density at radius 3 is 2.27 bits per heavy atom. The molecule has 1 heteroatoms. The molecule has 1 fully saturated rings. The van der Waals surface area contributed by atoms with Gasteiger partial charge in [-0.05, 0) is 38.5 Å². The fourth-order valence-electron chi connectivity index (χ4n) is 2.56. The van der Waals surface area contributed by atoms with Crippen molar-refractivity contribution < 1.29 is 0 Å². The maximum Gasteiger partial charge on any atom is 0.00702 e. The molecule has 1 aliphatic rings. The third-order valence-corrected chi connectivity index (χ3v) is 3.66. The number of hydrogen-bond donors (Lipinski definition) is 1. The third kappa shape index (κ3) is 5.36. The minimum Gasteiger partial charge on any atom is -0.327 e. The Morgan fingerprint density at radius 1 is 1.20 bits per heavy atom. The fraction of sp³-hybridized carbons (Fsp3) is 0.857. The Morgan fingerprint density at radius 2 is 1.73 bits per heavy atom. The van der Waals surface area contributed by atoms with Crippen molar-refractivity contribution in [2.24, 2.45) is 11.7 Å². The maximum atomic E-state index is 6.28. The highest BCUT2D eigenvalue weighted by molar-refractivity contribution is 4.90. The van der Waals surface area contributed by atoms with Gasteiger partial charge in [0.05, 0.1) is 0 Å². The van der Waals surface area contributed by atoms with Gasteiger partial charge in [-0.2, -0.15) is 0 Å². The second-order valence-electron chi connectivity index (χ2n) is 5.26. The van der Waals surface area contributed by atoms with E-state index >= 15 is 0 Å².